The Morgan fingerprint density at radius 3 is 2.46 bits per heavy atom. The number of ether oxygens (including phenoxy) is 2. The van der Waals surface area contributed by atoms with Crippen molar-refractivity contribution >= 4 is 17.5 Å². The van der Waals surface area contributed by atoms with E-state index in [0.29, 0.717) is 17.2 Å². The molecule has 24 heavy (non-hydrogen) atoms. The molecule has 0 radical (unpaired) electrons. The van der Waals surface area contributed by atoms with Crippen molar-refractivity contribution in [3.8, 4) is 11.5 Å². The van der Waals surface area contributed by atoms with Gasteiger partial charge in [0.25, 0.3) is 5.91 Å². The smallest absolute Gasteiger partial charge is 0.251 e. The first-order chi connectivity index (χ1) is 11.5. The zero-order valence-electron chi connectivity index (χ0n) is 13.3. The van der Waals surface area contributed by atoms with Crippen LogP contribution in [0.3, 0.4) is 0 Å². The molecule has 126 valence electrons. The maximum absolute atomic E-state index is 13.1. The number of rotatable bonds is 6. The lowest BCUT2D eigenvalue weighted by Crippen LogP contribution is -2.32. The van der Waals surface area contributed by atoms with Gasteiger partial charge >= 0.3 is 0 Å². The largest absolute Gasteiger partial charge is 0.493 e. The van der Waals surface area contributed by atoms with Gasteiger partial charge in [-0.05, 0) is 30.3 Å². The Bertz CT molecular complexity index is 749. The topological polar surface area (TPSA) is 76.7 Å². The molecule has 0 saturated carbocycles. The SMILES string of the molecule is COc1ccc(NC(=O)CNC(=O)c2cccc(F)c2)cc1OC. The summed E-state index contributed by atoms with van der Waals surface area (Å²) in [4.78, 5) is 23.7. The molecule has 0 fully saturated rings. The molecule has 0 atom stereocenters. The maximum Gasteiger partial charge on any atom is 0.251 e. The summed E-state index contributed by atoms with van der Waals surface area (Å²) in [5, 5.41) is 5.05. The van der Waals surface area contributed by atoms with Crippen LogP contribution in [-0.4, -0.2) is 32.6 Å². The molecule has 7 heteroatoms. The van der Waals surface area contributed by atoms with Gasteiger partial charge in [0.15, 0.2) is 11.5 Å². The molecule has 0 saturated heterocycles. The van der Waals surface area contributed by atoms with E-state index in [1.807, 2.05) is 0 Å². The fraction of sp³-hybridized carbons (Fsp3) is 0.176. The lowest BCUT2D eigenvalue weighted by Gasteiger charge is -2.11. The summed E-state index contributed by atoms with van der Waals surface area (Å²) in [5.74, 6) is -0.463. The Morgan fingerprint density at radius 1 is 1.04 bits per heavy atom. The highest BCUT2D eigenvalue weighted by atomic mass is 19.1. The van der Waals surface area contributed by atoms with Gasteiger partial charge in [-0.1, -0.05) is 6.07 Å². The molecular weight excluding hydrogens is 315 g/mol. The molecule has 2 aromatic rings. The molecule has 2 aromatic carbocycles. The van der Waals surface area contributed by atoms with E-state index in [1.54, 1.807) is 18.2 Å². The van der Waals surface area contributed by atoms with Crippen molar-refractivity contribution in [2.24, 2.45) is 0 Å². The average Bonchev–Trinajstić information content (AvgIpc) is 2.59. The van der Waals surface area contributed by atoms with Crippen molar-refractivity contribution in [1.82, 2.24) is 5.32 Å². The summed E-state index contributed by atoms with van der Waals surface area (Å²) in [6.07, 6.45) is 0. The molecule has 0 aromatic heterocycles. The summed E-state index contributed by atoms with van der Waals surface area (Å²) in [5.41, 5.74) is 0.645. The number of hydrogen-bond acceptors (Lipinski definition) is 4. The molecule has 2 N–H and O–H groups in total. The number of amides is 2. The highest BCUT2D eigenvalue weighted by Crippen LogP contribution is 2.29. The Morgan fingerprint density at radius 2 is 1.79 bits per heavy atom. The van der Waals surface area contributed by atoms with E-state index in [-0.39, 0.29) is 12.1 Å². The monoisotopic (exact) mass is 332 g/mol. The third-order valence-electron chi connectivity index (χ3n) is 3.16. The van der Waals surface area contributed by atoms with Crippen molar-refractivity contribution in [1.29, 1.82) is 0 Å². The van der Waals surface area contributed by atoms with Crippen molar-refractivity contribution in [2.75, 3.05) is 26.1 Å². The quantitative estimate of drug-likeness (QED) is 0.850. The van der Waals surface area contributed by atoms with Gasteiger partial charge < -0.3 is 20.1 Å². The normalized spacial score (nSPS) is 9.96. The predicted octanol–water partition coefficient (Wildman–Crippen LogP) is 2.21. The molecule has 6 nitrogen and oxygen atoms in total. The predicted molar refractivity (Wildman–Crippen MR) is 86.9 cm³/mol. The molecule has 0 unspecified atom stereocenters. The van der Waals surface area contributed by atoms with Crippen LogP contribution in [-0.2, 0) is 4.79 Å². The molecule has 0 heterocycles. The fourth-order valence-corrected chi connectivity index (χ4v) is 2.01. The second kappa shape index (κ2) is 7.96. The van der Waals surface area contributed by atoms with Crippen LogP contribution in [0.4, 0.5) is 10.1 Å². The van der Waals surface area contributed by atoms with Crippen LogP contribution in [0.1, 0.15) is 10.4 Å². The Labute approximate surface area is 138 Å². The van der Waals surface area contributed by atoms with Gasteiger partial charge in [-0.25, -0.2) is 4.39 Å². The van der Waals surface area contributed by atoms with Crippen LogP contribution >= 0.6 is 0 Å². The van der Waals surface area contributed by atoms with Crippen LogP contribution in [0.25, 0.3) is 0 Å². The number of hydrogen-bond donors (Lipinski definition) is 2. The van der Waals surface area contributed by atoms with E-state index >= 15 is 0 Å². The number of nitrogens with one attached hydrogen (secondary N) is 2. The van der Waals surface area contributed by atoms with E-state index in [2.05, 4.69) is 10.6 Å². The van der Waals surface area contributed by atoms with Gasteiger partial charge in [-0.15, -0.1) is 0 Å². The zero-order valence-corrected chi connectivity index (χ0v) is 13.3. The maximum atomic E-state index is 13.1. The molecule has 0 aliphatic rings. The highest BCUT2D eigenvalue weighted by Gasteiger charge is 2.10. The summed E-state index contributed by atoms with van der Waals surface area (Å²) < 4.78 is 23.3. The van der Waals surface area contributed by atoms with Gasteiger partial charge in [0.1, 0.15) is 5.82 Å². The number of halogens is 1. The number of methoxy groups -OCH3 is 2. The Hall–Kier alpha value is -3.09. The lowest BCUT2D eigenvalue weighted by atomic mass is 10.2. The third kappa shape index (κ3) is 4.45. The van der Waals surface area contributed by atoms with E-state index in [9.17, 15) is 14.0 Å². The Kier molecular flexibility index (Phi) is 5.73. The van der Waals surface area contributed by atoms with Gasteiger partial charge in [0.05, 0.1) is 20.8 Å². The van der Waals surface area contributed by atoms with E-state index in [4.69, 9.17) is 9.47 Å². The van der Waals surface area contributed by atoms with Crippen LogP contribution in [0, 0.1) is 5.82 Å². The zero-order chi connectivity index (χ0) is 17.5. The van der Waals surface area contributed by atoms with Crippen molar-refractivity contribution in [2.45, 2.75) is 0 Å². The van der Waals surface area contributed by atoms with E-state index in [0.717, 1.165) is 6.07 Å². The first-order valence-corrected chi connectivity index (χ1v) is 7.09. The van der Waals surface area contributed by atoms with E-state index < -0.39 is 17.6 Å². The molecule has 0 aliphatic heterocycles. The lowest BCUT2D eigenvalue weighted by molar-refractivity contribution is -0.115. The highest BCUT2D eigenvalue weighted by molar-refractivity contribution is 5.99. The van der Waals surface area contributed by atoms with Crippen LogP contribution in [0.2, 0.25) is 0 Å². The van der Waals surface area contributed by atoms with Crippen LogP contribution in [0.15, 0.2) is 42.5 Å². The molecule has 0 spiro atoms. The number of benzene rings is 2. The minimum Gasteiger partial charge on any atom is -0.493 e. The summed E-state index contributed by atoms with van der Waals surface area (Å²) in [6.45, 7) is -0.246. The average molecular weight is 332 g/mol. The van der Waals surface area contributed by atoms with Crippen LogP contribution < -0.4 is 20.1 Å². The minimum atomic E-state index is -0.531. The Balaban J connectivity index is 1.92. The van der Waals surface area contributed by atoms with Crippen molar-refractivity contribution in [3.05, 3.63) is 53.8 Å². The molecule has 0 aliphatic carbocycles. The first-order valence-electron chi connectivity index (χ1n) is 7.09. The van der Waals surface area contributed by atoms with Gasteiger partial charge in [0.2, 0.25) is 5.91 Å². The van der Waals surface area contributed by atoms with Crippen LogP contribution in [0.5, 0.6) is 11.5 Å². The fourth-order valence-electron chi connectivity index (χ4n) is 2.01. The number of anilines is 1. The molecule has 2 amide bonds. The van der Waals surface area contributed by atoms with Gasteiger partial charge in [-0.3, -0.25) is 9.59 Å². The minimum absolute atomic E-state index is 0.147. The van der Waals surface area contributed by atoms with Gasteiger partial charge in [-0.2, -0.15) is 0 Å². The summed E-state index contributed by atoms with van der Waals surface area (Å²) in [6, 6.07) is 10.1. The third-order valence-corrected chi connectivity index (χ3v) is 3.16. The molecular formula is C17H17FN2O4. The van der Waals surface area contributed by atoms with Crippen molar-refractivity contribution < 1.29 is 23.5 Å². The number of carbonyl (C=O) groups is 2. The van der Waals surface area contributed by atoms with Crippen molar-refractivity contribution in [3.63, 3.8) is 0 Å². The standard InChI is InChI=1S/C17H17FN2O4/c1-23-14-7-6-13(9-15(14)24-2)20-16(21)10-19-17(22)11-4-3-5-12(18)8-11/h3-9H,10H2,1-2H3,(H,19,22)(H,20,21). The second-order valence-electron chi connectivity index (χ2n) is 4.81. The van der Waals surface area contributed by atoms with E-state index in [1.165, 1.54) is 32.4 Å². The molecule has 2 rings (SSSR count). The summed E-state index contributed by atoms with van der Waals surface area (Å²) >= 11 is 0. The summed E-state index contributed by atoms with van der Waals surface area (Å²) in [7, 11) is 3.00. The number of carbonyl (C=O) groups excluding carboxylic acids is 2. The first kappa shape index (κ1) is 17.3. The second-order valence-corrected chi connectivity index (χ2v) is 4.81. The molecule has 0 bridgehead atoms. The van der Waals surface area contributed by atoms with Gasteiger partial charge in [0, 0.05) is 17.3 Å².